The number of hydrogen-bond donors (Lipinski definition) is 0. The van der Waals surface area contributed by atoms with E-state index in [9.17, 15) is 0 Å². The Morgan fingerprint density at radius 3 is 1.87 bits per heavy atom. The van der Waals surface area contributed by atoms with E-state index in [1.807, 2.05) is 11.3 Å². The van der Waals surface area contributed by atoms with Crippen molar-refractivity contribution in [1.29, 1.82) is 0 Å². The van der Waals surface area contributed by atoms with Gasteiger partial charge in [-0.15, -0.1) is 11.3 Å². The van der Waals surface area contributed by atoms with Crippen LogP contribution in [0.25, 0.3) is 81.0 Å². The number of benzene rings is 9. The highest BCUT2D eigenvalue weighted by Crippen LogP contribution is 2.51. The van der Waals surface area contributed by atoms with Gasteiger partial charge in [-0.1, -0.05) is 147 Å². The molecule has 60 heavy (non-hydrogen) atoms. The SMILES string of the molecule is CC1(C)c2ccccc2-c2cc(-n3c4ccc(N(c5ccccc5)c5ccc6c(c5)sc5ccccc56)cc4c4cc(-c5ccccc5)cc(-c5ccccc5)c43)ccc21. The Morgan fingerprint density at radius 1 is 0.400 bits per heavy atom. The van der Waals surface area contributed by atoms with Gasteiger partial charge in [0.25, 0.3) is 0 Å². The Morgan fingerprint density at radius 2 is 1.05 bits per heavy atom. The molecule has 2 aromatic heterocycles. The van der Waals surface area contributed by atoms with E-state index in [1.165, 1.54) is 86.5 Å². The molecule has 2 nitrogen and oxygen atoms in total. The minimum atomic E-state index is -0.0697. The van der Waals surface area contributed by atoms with Crippen molar-refractivity contribution in [2.45, 2.75) is 19.3 Å². The van der Waals surface area contributed by atoms with Crippen LogP contribution in [0.2, 0.25) is 0 Å². The molecule has 0 unspecified atom stereocenters. The van der Waals surface area contributed by atoms with E-state index >= 15 is 0 Å². The van der Waals surface area contributed by atoms with Crippen molar-refractivity contribution < 1.29 is 0 Å². The summed E-state index contributed by atoms with van der Waals surface area (Å²) in [5.74, 6) is 0. The molecule has 0 bridgehead atoms. The maximum atomic E-state index is 2.52. The number of nitrogens with zero attached hydrogens (tertiary/aromatic N) is 2. The molecular formula is C57H40N2S. The monoisotopic (exact) mass is 784 g/mol. The van der Waals surface area contributed by atoms with Crippen molar-refractivity contribution in [2.24, 2.45) is 0 Å². The zero-order valence-corrected chi connectivity index (χ0v) is 34.2. The predicted octanol–water partition coefficient (Wildman–Crippen LogP) is 16.3. The van der Waals surface area contributed by atoms with E-state index in [-0.39, 0.29) is 5.41 Å². The molecule has 0 atom stereocenters. The van der Waals surface area contributed by atoms with Crippen LogP contribution >= 0.6 is 11.3 Å². The lowest BCUT2D eigenvalue weighted by atomic mass is 9.82. The van der Waals surface area contributed by atoms with E-state index in [0.717, 1.165) is 22.7 Å². The van der Waals surface area contributed by atoms with Crippen molar-refractivity contribution in [1.82, 2.24) is 4.57 Å². The van der Waals surface area contributed by atoms with Gasteiger partial charge in [0.2, 0.25) is 0 Å². The number of hydrogen-bond acceptors (Lipinski definition) is 2. The third-order valence-electron chi connectivity index (χ3n) is 12.8. The normalized spacial score (nSPS) is 13.0. The van der Waals surface area contributed by atoms with Gasteiger partial charge < -0.3 is 9.47 Å². The van der Waals surface area contributed by atoms with Crippen LogP contribution < -0.4 is 4.90 Å². The molecule has 2 heterocycles. The fraction of sp³-hybridized carbons (Fsp3) is 0.0526. The number of anilines is 3. The van der Waals surface area contributed by atoms with Gasteiger partial charge in [-0.05, 0) is 112 Å². The van der Waals surface area contributed by atoms with Crippen molar-refractivity contribution in [3.63, 3.8) is 0 Å². The first-order chi connectivity index (χ1) is 29.5. The van der Waals surface area contributed by atoms with Gasteiger partial charge in [-0.25, -0.2) is 0 Å². The molecule has 284 valence electrons. The van der Waals surface area contributed by atoms with Crippen molar-refractivity contribution in [3.8, 4) is 39.1 Å². The van der Waals surface area contributed by atoms with E-state index in [0.29, 0.717) is 0 Å². The first-order valence-electron chi connectivity index (χ1n) is 20.8. The van der Waals surface area contributed by atoms with Gasteiger partial charge in [-0.2, -0.15) is 0 Å². The molecule has 9 aromatic carbocycles. The molecule has 3 heteroatoms. The molecule has 11 aromatic rings. The number of rotatable bonds is 6. The lowest BCUT2D eigenvalue weighted by Crippen LogP contribution is -2.14. The number of para-hydroxylation sites is 1. The zero-order valence-electron chi connectivity index (χ0n) is 33.4. The van der Waals surface area contributed by atoms with E-state index in [1.54, 1.807) is 0 Å². The summed E-state index contributed by atoms with van der Waals surface area (Å²) in [6.07, 6.45) is 0. The molecular weight excluding hydrogens is 745 g/mol. The quantitative estimate of drug-likeness (QED) is 0.163. The summed E-state index contributed by atoms with van der Waals surface area (Å²) >= 11 is 1.86. The summed E-state index contributed by atoms with van der Waals surface area (Å²) < 4.78 is 5.12. The van der Waals surface area contributed by atoms with Gasteiger partial charge in [0.05, 0.1) is 11.0 Å². The topological polar surface area (TPSA) is 8.17 Å². The van der Waals surface area contributed by atoms with Crippen LogP contribution in [0.3, 0.4) is 0 Å². The average Bonchev–Trinajstić information content (AvgIpc) is 3.92. The van der Waals surface area contributed by atoms with Gasteiger partial charge in [0, 0.05) is 64.7 Å². The second-order valence-corrected chi connectivity index (χ2v) is 17.6. The summed E-state index contributed by atoms with van der Waals surface area (Å²) in [6.45, 7) is 4.71. The molecule has 1 aliphatic carbocycles. The number of aromatic nitrogens is 1. The fourth-order valence-corrected chi connectivity index (χ4v) is 11.0. The van der Waals surface area contributed by atoms with E-state index in [2.05, 4.69) is 230 Å². The largest absolute Gasteiger partial charge is 0.310 e. The summed E-state index contributed by atoms with van der Waals surface area (Å²) in [5, 5.41) is 5.04. The lowest BCUT2D eigenvalue weighted by Gasteiger charge is -2.26. The molecule has 0 fully saturated rings. The van der Waals surface area contributed by atoms with E-state index < -0.39 is 0 Å². The Labute approximate surface area is 353 Å². The third kappa shape index (κ3) is 5.33. The molecule has 0 saturated carbocycles. The maximum Gasteiger partial charge on any atom is 0.0619 e. The van der Waals surface area contributed by atoms with Crippen LogP contribution in [0.15, 0.2) is 206 Å². The van der Waals surface area contributed by atoms with Gasteiger partial charge in [-0.3, -0.25) is 0 Å². The zero-order chi connectivity index (χ0) is 40.0. The minimum Gasteiger partial charge on any atom is -0.310 e. The van der Waals surface area contributed by atoms with Crippen LogP contribution in [0.5, 0.6) is 0 Å². The molecule has 0 aliphatic heterocycles. The van der Waals surface area contributed by atoms with Gasteiger partial charge in [0.15, 0.2) is 0 Å². The summed E-state index contributed by atoms with van der Waals surface area (Å²) in [4.78, 5) is 2.42. The first-order valence-corrected chi connectivity index (χ1v) is 21.6. The lowest BCUT2D eigenvalue weighted by molar-refractivity contribution is 0.660. The maximum absolute atomic E-state index is 2.52. The highest BCUT2D eigenvalue weighted by Gasteiger charge is 2.35. The smallest absolute Gasteiger partial charge is 0.0619 e. The van der Waals surface area contributed by atoms with Crippen LogP contribution in [0.4, 0.5) is 17.1 Å². The van der Waals surface area contributed by atoms with Crippen LogP contribution in [-0.4, -0.2) is 4.57 Å². The van der Waals surface area contributed by atoms with Crippen LogP contribution in [-0.2, 0) is 5.41 Å². The van der Waals surface area contributed by atoms with Gasteiger partial charge in [0.1, 0.15) is 0 Å². The summed E-state index contributed by atoms with van der Waals surface area (Å²) in [7, 11) is 0. The highest BCUT2D eigenvalue weighted by molar-refractivity contribution is 7.25. The molecule has 0 spiro atoms. The highest BCUT2D eigenvalue weighted by atomic mass is 32.1. The summed E-state index contributed by atoms with van der Waals surface area (Å²) in [5.41, 5.74) is 17.0. The number of fused-ring (bicyclic) bond motifs is 9. The second-order valence-electron chi connectivity index (χ2n) is 16.5. The standard InChI is InChI=1S/C57H40N2S/c1-57(2)51-24-14-12-22-44(51)48-34-42(27-30-52(48)57)59-53-31-28-41(58(40-20-10-5-11-21-40)43-26-29-46-45-23-13-15-25-54(45)60-55(46)36-43)35-49(53)50-33-39(37-16-6-3-7-17-37)32-47(56(50)59)38-18-8-4-9-19-38/h3-36H,1-2H3. The molecule has 0 saturated heterocycles. The molecule has 12 rings (SSSR count). The molecule has 0 amide bonds. The van der Waals surface area contributed by atoms with Crippen molar-refractivity contribution in [3.05, 3.63) is 217 Å². The first kappa shape index (κ1) is 34.8. The predicted molar refractivity (Wildman–Crippen MR) is 257 cm³/mol. The molecule has 0 radical (unpaired) electrons. The average molecular weight is 785 g/mol. The summed E-state index contributed by atoms with van der Waals surface area (Å²) in [6, 6.07) is 76.2. The third-order valence-corrected chi connectivity index (χ3v) is 13.9. The minimum absolute atomic E-state index is 0.0697. The molecule has 1 aliphatic rings. The van der Waals surface area contributed by atoms with E-state index in [4.69, 9.17) is 0 Å². The van der Waals surface area contributed by atoms with Crippen molar-refractivity contribution >= 4 is 70.4 Å². The fourth-order valence-electron chi connectivity index (χ4n) is 9.90. The Balaban J connectivity index is 1.15. The molecule has 0 N–H and O–H groups in total. The van der Waals surface area contributed by atoms with Crippen molar-refractivity contribution in [2.75, 3.05) is 4.90 Å². The number of thiophene rings is 1. The Kier molecular flexibility index (Phi) is 7.79. The van der Waals surface area contributed by atoms with Crippen LogP contribution in [0, 0.1) is 0 Å². The Hall–Kier alpha value is -7.20. The Bertz CT molecular complexity index is 3450. The van der Waals surface area contributed by atoms with Gasteiger partial charge >= 0.3 is 0 Å². The van der Waals surface area contributed by atoms with Crippen LogP contribution in [0.1, 0.15) is 25.0 Å². The second kappa shape index (κ2) is 13.4.